The largest absolute Gasteiger partial charge is 0.327 e. The van der Waals surface area contributed by atoms with Gasteiger partial charge in [-0.25, -0.2) is 0 Å². The highest BCUT2D eigenvalue weighted by atomic mass is 35.5. The van der Waals surface area contributed by atoms with Crippen LogP contribution in [0, 0.1) is 17.8 Å². The molecule has 1 heterocycles. The molecule has 5 heteroatoms. The second-order valence-electron chi connectivity index (χ2n) is 7.21. The zero-order chi connectivity index (χ0) is 16.5. The molecule has 2 unspecified atom stereocenters. The molecular formula is C20H25ClN2OS. The first-order chi connectivity index (χ1) is 11.7. The predicted octanol–water partition coefficient (Wildman–Crippen LogP) is 4.93. The van der Waals surface area contributed by atoms with E-state index in [1.165, 1.54) is 24.1 Å². The number of nitrogens with two attached hydrogens (primary N) is 1. The van der Waals surface area contributed by atoms with Gasteiger partial charge in [0.25, 0.3) is 0 Å². The lowest BCUT2D eigenvalue weighted by Gasteiger charge is -2.43. The van der Waals surface area contributed by atoms with E-state index in [4.69, 9.17) is 5.73 Å². The lowest BCUT2D eigenvalue weighted by Crippen LogP contribution is -2.48. The van der Waals surface area contributed by atoms with E-state index in [0.717, 1.165) is 24.1 Å². The molecule has 2 aliphatic carbocycles. The molecule has 2 aliphatic rings. The van der Waals surface area contributed by atoms with Crippen LogP contribution in [0.2, 0.25) is 0 Å². The van der Waals surface area contributed by atoms with E-state index in [1.54, 1.807) is 11.3 Å². The molecule has 2 atom stereocenters. The zero-order valence-electron chi connectivity index (χ0n) is 14.2. The van der Waals surface area contributed by atoms with Crippen LogP contribution < -0.4 is 11.1 Å². The third kappa shape index (κ3) is 3.76. The quantitative estimate of drug-likeness (QED) is 0.797. The lowest BCUT2D eigenvalue weighted by molar-refractivity contribution is -0.122. The van der Waals surface area contributed by atoms with Crippen molar-refractivity contribution in [3.8, 4) is 10.4 Å². The number of para-hydroxylation sites is 1. The predicted molar refractivity (Wildman–Crippen MR) is 107 cm³/mol. The summed E-state index contributed by atoms with van der Waals surface area (Å²) in [4.78, 5) is 14.1. The first kappa shape index (κ1) is 18.4. The third-order valence-corrected chi connectivity index (χ3v) is 6.66. The fourth-order valence-corrected chi connectivity index (χ4v) is 5.24. The SMILES string of the molecule is Cl.NC1C2CCCC1CC(C(=O)Nc1ccccc1-c1cccs1)C2. The number of amides is 1. The Kier molecular flexibility index (Phi) is 5.82. The van der Waals surface area contributed by atoms with Gasteiger partial charge in [0.15, 0.2) is 0 Å². The van der Waals surface area contributed by atoms with Gasteiger partial charge in [0.1, 0.15) is 0 Å². The summed E-state index contributed by atoms with van der Waals surface area (Å²) in [5.74, 6) is 1.33. The molecule has 1 amide bonds. The fraction of sp³-hybridized carbons (Fsp3) is 0.450. The average molecular weight is 377 g/mol. The van der Waals surface area contributed by atoms with Crippen LogP contribution >= 0.6 is 23.7 Å². The van der Waals surface area contributed by atoms with Crippen LogP contribution in [-0.2, 0) is 4.79 Å². The Morgan fingerprint density at radius 1 is 1.08 bits per heavy atom. The molecule has 0 radical (unpaired) electrons. The molecule has 3 nitrogen and oxygen atoms in total. The van der Waals surface area contributed by atoms with E-state index in [9.17, 15) is 4.79 Å². The van der Waals surface area contributed by atoms with Gasteiger partial charge in [-0.3, -0.25) is 4.79 Å². The molecular weight excluding hydrogens is 352 g/mol. The Morgan fingerprint density at radius 2 is 1.80 bits per heavy atom. The minimum Gasteiger partial charge on any atom is -0.327 e. The monoisotopic (exact) mass is 376 g/mol. The number of fused-ring (bicyclic) bond motifs is 2. The fourth-order valence-electron chi connectivity index (χ4n) is 4.48. The number of anilines is 1. The molecule has 2 saturated carbocycles. The maximum absolute atomic E-state index is 12.9. The summed E-state index contributed by atoms with van der Waals surface area (Å²) < 4.78 is 0. The molecule has 25 heavy (non-hydrogen) atoms. The standard InChI is InChI=1S/C20H24N2OS.ClH/c21-19-13-5-3-6-14(19)12-15(11-13)20(23)22-17-8-2-1-7-16(17)18-9-4-10-24-18;/h1-2,4,7-10,13-15,19H,3,5-6,11-12,21H2,(H,22,23);1H. The summed E-state index contributed by atoms with van der Waals surface area (Å²) in [7, 11) is 0. The van der Waals surface area contributed by atoms with Crippen molar-refractivity contribution < 1.29 is 4.79 Å². The number of carbonyl (C=O) groups excluding carboxylic acids is 1. The zero-order valence-corrected chi connectivity index (χ0v) is 15.8. The summed E-state index contributed by atoms with van der Waals surface area (Å²) in [6.07, 6.45) is 5.55. The molecule has 0 spiro atoms. The highest BCUT2D eigenvalue weighted by molar-refractivity contribution is 7.13. The molecule has 0 saturated heterocycles. The van der Waals surface area contributed by atoms with Gasteiger partial charge in [0, 0.05) is 28.1 Å². The van der Waals surface area contributed by atoms with Crippen LogP contribution in [0.15, 0.2) is 41.8 Å². The van der Waals surface area contributed by atoms with Crippen molar-refractivity contribution in [1.29, 1.82) is 0 Å². The van der Waals surface area contributed by atoms with E-state index in [0.29, 0.717) is 17.9 Å². The van der Waals surface area contributed by atoms with Crippen LogP contribution in [0.3, 0.4) is 0 Å². The Hall–Kier alpha value is -1.36. The smallest absolute Gasteiger partial charge is 0.227 e. The molecule has 3 N–H and O–H groups in total. The summed E-state index contributed by atoms with van der Waals surface area (Å²) in [5.41, 5.74) is 8.38. The number of halogens is 1. The highest BCUT2D eigenvalue weighted by Crippen LogP contribution is 2.42. The van der Waals surface area contributed by atoms with E-state index in [2.05, 4.69) is 22.8 Å². The molecule has 1 aromatic carbocycles. The number of nitrogens with one attached hydrogen (secondary N) is 1. The highest BCUT2D eigenvalue weighted by Gasteiger charge is 2.40. The van der Waals surface area contributed by atoms with Crippen molar-refractivity contribution >= 4 is 35.3 Å². The first-order valence-corrected chi connectivity index (χ1v) is 9.79. The van der Waals surface area contributed by atoms with Gasteiger partial charge >= 0.3 is 0 Å². The first-order valence-electron chi connectivity index (χ1n) is 8.91. The van der Waals surface area contributed by atoms with E-state index in [1.807, 2.05) is 24.3 Å². The molecule has 2 fully saturated rings. The van der Waals surface area contributed by atoms with Gasteiger partial charge in [-0.05, 0) is 55.0 Å². The molecule has 4 rings (SSSR count). The van der Waals surface area contributed by atoms with Gasteiger partial charge in [0.05, 0.1) is 0 Å². The summed E-state index contributed by atoms with van der Waals surface area (Å²) in [5, 5.41) is 5.27. The number of benzene rings is 1. The molecule has 2 aromatic rings. The Morgan fingerprint density at radius 3 is 2.48 bits per heavy atom. The number of hydrogen-bond acceptors (Lipinski definition) is 3. The van der Waals surface area contributed by atoms with Crippen molar-refractivity contribution in [3.63, 3.8) is 0 Å². The summed E-state index contributed by atoms with van der Waals surface area (Å²) in [6.45, 7) is 0. The minimum absolute atomic E-state index is 0. The number of rotatable bonds is 3. The van der Waals surface area contributed by atoms with Gasteiger partial charge < -0.3 is 11.1 Å². The molecule has 134 valence electrons. The second-order valence-corrected chi connectivity index (χ2v) is 8.16. The Balaban J connectivity index is 0.00000182. The molecule has 1 aromatic heterocycles. The van der Waals surface area contributed by atoms with Gasteiger partial charge in [-0.15, -0.1) is 23.7 Å². The van der Waals surface area contributed by atoms with Crippen LogP contribution in [0.25, 0.3) is 10.4 Å². The normalized spacial score (nSPS) is 28.0. The van der Waals surface area contributed by atoms with Crippen LogP contribution in [-0.4, -0.2) is 11.9 Å². The van der Waals surface area contributed by atoms with Crippen LogP contribution in [0.1, 0.15) is 32.1 Å². The molecule has 0 aliphatic heterocycles. The molecule has 2 bridgehead atoms. The number of carbonyl (C=O) groups is 1. The lowest BCUT2D eigenvalue weighted by atomic mass is 9.65. The van der Waals surface area contributed by atoms with E-state index in [-0.39, 0.29) is 24.2 Å². The Labute approximate surface area is 159 Å². The maximum atomic E-state index is 12.9. The van der Waals surface area contributed by atoms with Crippen LogP contribution in [0.5, 0.6) is 0 Å². The third-order valence-electron chi connectivity index (χ3n) is 5.76. The summed E-state index contributed by atoms with van der Waals surface area (Å²) in [6, 6.07) is 12.5. The van der Waals surface area contributed by atoms with E-state index < -0.39 is 0 Å². The van der Waals surface area contributed by atoms with Crippen molar-refractivity contribution in [3.05, 3.63) is 41.8 Å². The topological polar surface area (TPSA) is 55.1 Å². The van der Waals surface area contributed by atoms with Gasteiger partial charge in [0.2, 0.25) is 5.91 Å². The van der Waals surface area contributed by atoms with Crippen molar-refractivity contribution in [2.75, 3.05) is 5.32 Å². The minimum atomic E-state index is 0. The maximum Gasteiger partial charge on any atom is 0.227 e. The van der Waals surface area contributed by atoms with Crippen molar-refractivity contribution in [1.82, 2.24) is 0 Å². The van der Waals surface area contributed by atoms with Crippen molar-refractivity contribution in [2.45, 2.75) is 38.1 Å². The summed E-state index contributed by atoms with van der Waals surface area (Å²) >= 11 is 1.70. The van der Waals surface area contributed by atoms with E-state index >= 15 is 0 Å². The van der Waals surface area contributed by atoms with Crippen LogP contribution in [0.4, 0.5) is 5.69 Å². The van der Waals surface area contributed by atoms with Gasteiger partial charge in [-0.1, -0.05) is 30.7 Å². The number of hydrogen-bond donors (Lipinski definition) is 2. The number of thiophene rings is 1. The Bertz CT molecular complexity index is 704. The van der Waals surface area contributed by atoms with Crippen molar-refractivity contribution in [2.24, 2.45) is 23.5 Å². The van der Waals surface area contributed by atoms with Gasteiger partial charge in [-0.2, -0.15) is 0 Å². The second kappa shape index (κ2) is 7.90. The average Bonchev–Trinajstić information content (AvgIpc) is 3.09.